The molecule has 1 atom stereocenters. The summed E-state index contributed by atoms with van der Waals surface area (Å²) in [5.74, 6) is -1.48. The quantitative estimate of drug-likeness (QED) is 0.399. The number of anilines is 1. The molecule has 0 saturated carbocycles. The second-order valence-corrected chi connectivity index (χ2v) is 8.57. The highest BCUT2D eigenvalue weighted by Crippen LogP contribution is 2.42. The number of ether oxygens (including phenoxy) is 3. The second-order valence-electron chi connectivity index (χ2n) is 8.57. The first-order chi connectivity index (χ1) is 16.0. The number of nitrogens with zero attached hydrogens (tertiary/aromatic N) is 2. The molecule has 34 heavy (non-hydrogen) atoms. The SMILES string of the molecule is COCCOc1cc2c(NC(C)c3ccccc3C(F)(F)C(C)(C)O)nc(C)nc2cc1OC. The molecule has 0 radical (unpaired) electrons. The highest BCUT2D eigenvalue weighted by molar-refractivity contribution is 5.92. The number of hydrogen-bond donors (Lipinski definition) is 2. The average Bonchev–Trinajstić information content (AvgIpc) is 2.78. The Morgan fingerprint density at radius 1 is 1.06 bits per heavy atom. The largest absolute Gasteiger partial charge is 0.493 e. The lowest BCUT2D eigenvalue weighted by atomic mass is 9.88. The lowest BCUT2D eigenvalue weighted by Crippen LogP contribution is -2.41. The van der Waals surface area contributed by atoms with Crippen LogP contribution in [-0.2, 0) is 10.7 Å². The van der Waals surface area contributed by atoms with Crippen molar-refractivity contribution in [1.29, 1.82) is 0 Å². The summed E-state index contributed by atoms with van der Waals surface area (Å²) in [6.45, 7) is 6.44. The molecule has 7 nitrogen and oxygen atoms in total. The van der Waals surface area contributed by atoms with Crippen LogP contribution in [0.2, 0.25) is 0 Å². The highest BCUT2D eigenvalue weighted by atomic mass is 19.3. The van der Waals surface area contributed by atoms with Crippen LogP contribution in [0.4, 0.5) is 14.6 Å². The van der Waals surface area contributed by atoms with Gasteiger partial charge in [-0.2, -0.15) is 8.78 Å². The lowest BCUT2D eigenvalue weighted by Gasteiger charge is -2.32. The Morgan fingerprint density at radius 2 is 1.76 bits per heavy atom. The number of rotatable bonds is 10. The van der Waals surface area contributed by atoms with Crippen molar-refractivity contribution in [2.75, 3.05) is 32.8 Å². The van der Waals surface area contributed by atoms with E-state index in [-0.39, 0.29) is 5.56 Å². The van der Waals surface area contributed by atoms with Gasteiger partial charge < -0.3 is 24.6 Å². The molecule has 0 saturated heterocycles. The van der Waals surface area contributed by atoms with Gasteiger partial charge in [0.05, 0.1) is 25.3 Å². The molecule has 0 spiro atoms. The minimum Gasteiger partial charge on any atom is -0.493 e. The molecule has 2 N–H and O–H groups in total. The van der Waals surface area contributed by atoms with Gasteiger partial charge in [0.15, 0.2) is 11.5 Å². The summed E-state index contributed by atoms with van der Waals surface area (Å²) in [6.07, 6.45) is 0. The maximum atomic E-state index is 15.1. The number of aromatic nitrogens is 2. The van der Waals surface area contributed by atoms with Crippen molar-refractivity contribution < 1.29 is 28.1 Å². The molecule has 184 valence electrons. The molecule has 0 aliphatic heterocycles. The topological polar surface area (TPSA) is 85.7 Å². The zero-order chi connectivity index (χ0) is 25.1. The summed E-state index contributed by atoms with van der Waals surface area (Å²) in [4.78, 5) is 9.01. The van der Waals surface area contributed by atoms with Crippen molar-refractivity contribution in [3.8, 4) is 11.5 Å². The number of benzene rings is 2. The summed E-state index contributed by atoms with van der Waals surface area (Å²) in [7, 11) is 3.12. The Kier molecular flexibility index (Phi) is 7.57. The molecule has 3 rings (SSSR count). The van der Waals surface area contributed by atoms with Crippen molar-refractivity contribution in [1.82, 2.24) is 9.97 Å². The van der Waals surface area contributed by atoms with Crippen LogP contribution in [0, 0.1) is 6.92 Å². The maximum absolute atomic E-state index is 15.1. The van der Waals surface area contributed by atoms with Gasteiger partial charge in [-0.1, -0.05) is 24.3 Å². The minimum absolute atomic E-state index is 0.247. The van der Waals surface area contributed by atoms with Crippen molar-refractivity contribution in [2.24, 2.45) is 0 Å². The van der Waals surface area contributed by atoms with Crippen molar-refractivity contribution >= 4 is 16.7 Å². The van der Waals surface area contributed by atoms with Gasteiger partial charge in [0.2, 0.25) is 0 Å². The van der Waals surface area contributed by atoms with Crippen LogP contribution in [0.25, 0.3) is 10.9 Å². The fourth-order valence-electron chi connectivity index (χ4n) is 3.64. The zero-order valence-electron chi connectivity index (χ0n) is 20.3. The average molecular weight is 476 g/mol. The molecule has 0 amide bonds. The first kappa shape index (κ1) is 25.6. The van der Waals surface area contributed by atoms with Crippen molar-refractivity contribution in [3.63, 3.8) is 0 Å². The van der Waals surface area contributed by atoms with Crippen LogP contribution >= 0.6 is 0 Å². The molecule has 0 bridgehead atoms. The van der Waals surface area contributed by atoms with Crippen molar-refractivity contribution in [3.05, 3.63) is 53.3 Å². The Hall–Kier alpha value is -3.04. The van der Waals surface area contributed by atoms with Gasteiger partial charge in [-0.15, -0.1) is 0 Å². The summed E-state index contributed by atoms with van der Waals surface area (Å²) in [5.41, 5.74) is -1.51. The van der Waals surface area contributed by atoms with E-state index in [4.69, 9.17) is 14.2 Å². The molecule has 1 heterocycles. The van der Waals surface area contributed by atoms with E-state index in [0.29, 0.717) is 52.8 Å². The van der Waals surface area contributed by atoms with Crippen LogP contribution < -0.4 is 14.8 Å². The van der Waals surface area contributed by atoms with E-state index in [2.05, 4.69) is 15.3 Å². The number of hydrogen-bond acceptors (Lipinski definition) is 7. The number of methoxy groups -OCH3 is 2. The highest BCUT2D eigenvalue weighted by Gasteiger charge is 2.48. The predicted molar refractivity (Wildman–Crippen MR) is 127 cm³/mol. The fourth-order valence-corrected chi connectivity index (χ4v) is 3.64. The fraction of sp³-hybridized carbons (Fsp3) is 0.440. The minimum atomic E-state index is -3.46. The molecule has 3 aromatic rings. The van der Waals surface area contributed by atoms with Gasteiger partial charge in [0.1, 0.15) is 23.9 Å². The van der Waals surface area contributed by atoms with E-state index < -0.39 is 17.6 Å². The van der Waals surface area contributed by atoms with Gasteiger partial charge in [-0.3, -0.25) is 0 Å². The first-order valence-corrected chi connectivity index (χ1v) is 10.9. The monoisotopic (exact) mass is 475 g/mol. The molecule has 1 unspecified atom stereocenters. The number of aryl methyl sites for hydroxylation is 1. The molecule has 0 aliphatic carbocycles. The van der Waals surface area contributed by atoms with E-state index in [1.807, 2.05) is 0 Å². The van der Waals surface area contributed by atoms with Crippen LogP contribution in [0.15, 0.2) is 36.4 Å². The van der Waals surface area contributed by atoms with Gasteiger partial charge in [-0.25, -0.2) is 9.97 Å². The van der Waals surface area contributed by atoms with Crippen LogP contribution in [0.1, 0.15) is 43.8 Å². The maximum Gasteiger partial charge on any atom is 0.301 e. The van der Waals surface area contributed by atoms with Gasteiger partial charge in [0, 0.05) is 24.1 Å². The number of aliphatic hydroxyl groups is 1. The molecule has 1 aromatic heterocycles. The third-order valence-electron chi connectivity index (χ3n) is 5.53. The Bertz CT molecular complexity index is 1150. The number of halogens is 2. The predicted octanol–water partition coefficient (Wildman–Crippen LogP) is 5.01. The summed E-state index contributed by atoms with van der Waals surface area (Å²) >= 11 is 0. The van der Waals surface area contributed by atoms with E-state index in [1.165, 1.54) is 12.1 Å². The Labute approximate surface area is 198 Å². The zero-order valence-corrected chi connectivity index (χ0v) is 20.3. The van der Waals surface area contributed by atoms with E-state index >= 15 is 8.78 Å². The summed E-state index contributed by atoms with van der Waals surface area (Å²) in [6, 6.07) is 9.13. The summed E-state index contributed by atoms with van der Waals surface area (Å²) in [5, 5.41) is 14.0. The third-order valence-corrected chi connectivity index (χ3v) is 5.53. The Balaban J connectivity index is 2.05. The molecular formula is C25H31F2N3O4. The van der Waals surface area contributed by atoms with Gasteiger partial charge in [-0.05, 0) is 39.3 Å². The third kappa shape index (κ3) is 5.20. The van der Waals surface area contributed by atoms with Crippen LogP contribution in [-0.4, -0.2) is 48.1 Å². The smallest absolute Gasteiger partial charge is 0.301 e. The van der Waals surface area contributed by atoms with Crippen molar-refractivity contribution in [2.45, 2.75) is 45.3 Å². The molecular weight excluding hydrogens is 444 g/mol. The van der Waals surface area contributed by atoms with E-state index in [1.54, 1.807) is 52.3 Å². The lowest BCUT2D eigenvalue weighted by molar-refractivity contribution is -0.169. The molecule has 9 heteroatoms. The molecule has 2 aromatic carbocycles. The van der Waals surface area contributed by atoms with Crippen LogP contribution in [0.3, 0.4) is 0 Å². The number of nitrogens with one attached hydrogen (secondary N) is 1. The normalized spacial score (nSPS) is 13.1. The standard InChI is InChI=1S/C25H31F2N3O4/c1-15(17-9-7-8-10-19(17)25(26,27)24(3,4)31)28-23-18-13-22(34-12-11-32-5)21(33-6)14-20(18)29-16(2)30-23/h7-10,13-15,31H,11-12H2,1-6H3,(H,28,29,30). The molecule has 0 fully saturated rings. The number of alkyl halides is 2. The van der Waals surface area contributed by atoms with Crippen LogP contribution in [0.5, 0.6) is 11.5 Å². The summed E-state index contributed by atoms with van der Waals surface area (Å²) < 4.78 is 46.4. The number of fused-ring (bicyclic) bond motifs is 1. The van der Waals surface area contributed by atoms with E-state index in [0.717, 1.165) is 13.8 Å². The van der Waals surface area contributed by atoms with Gasteiger partial charge in [0.25, 0.3) is 0 Å². The Morgan fingerprint density at radius 3 is 2.41 bits per heavy atom. The first-order valence-electron chi connectivity index (χ1n) is 10.9. The molecule has 0 aliphatic rings. The van der Waals surface area contributed by atoms with E-state index in [9.17, 15) is 5.11 Å². The van der Waals surface area contributed by atoms with Gasteiger partial charge >= 0.3 is 5.92 Å². The second kappa shape index (κ2) is 10.1.